The lowest BCUT2D eigenvalue weighted by Crippen LogP contribution is -2.11. The Morgan fingerprint density at radius 2 is 2.20 bits per heavy atom. The van der Waals surface area contributed by atoms with Gasteiger partial charge in [0.15, 0.2) is 0 Å². The van der Waals surface area contributed by atoms with Crippen LogP contribution in [0.15, 0.2) is 22.7 Å². The third kappa shape index (κ3) is 3.34. The second-order valence-corrected chi connectivity index (χ2v) is 4.28. The van der Waals surface area contributed by atoms with Crippen molar-refractivity contribution in [3.63, 3.8) is 0 Å². The summed E-state index contributed by atoms with van der Waals surface area (Å²) < 4.78 is 10.4. The van der Waals surface area contributed by atoms with E-state index < -0.39 is 5.97 Å². The van der Waals surface area contributed by atoms with Crippen LogP contribution in [0.5, 0.6) is 0 Å². The fourth-order valence-corrected chi connectivity index (χ4v) is 1.71. The Balaban J connectivity index is 2.03. The smallest absolute Gasteiger partial charge is 0.341 e. The molecule has 6 heteroatoms. The van der Waals surface area contributed by atoms with Crippen molar-refractivity contribution < 1.29 is 13.9 Å². The molecule has 2 heterocycles. The van der Waals surface area contributed by atoms with Crippen molar-refractivity contribution in [1.29, 1.82) is 0 Å². The monoisotopic (exact) mass is 275 g/mol. The van der Waals surface area contributed by atoms with Gasteiger partial charge in [-0.2, -0.15) is 0 Å². The average Bonchev–Trinajstić information content (AvgIpc) is 2.82. The van der Waals surface area contributed by atoms with Crippen LogP contribution < -0.4 is 5.32 Å². The lowest BCUT2D eigenvalue weighted by molar-refractivity contribution is 0.0524. The first kappa shape index (κ1) is 14.0. The molecule has 0 aromatic carbocycles. The third-order valence-corrected chi connectivity index (χ3v) is 2.69. The molecule has 2 rings (SSSR count). The molecule has 0 unspecified atom stereocenters. The van der Waals surface area contributed by atoms with E-state index in [9.17, 15) is 4.79 Å². The maximum absolute atomic E-state index is 11.6. The van der Waals surface area contributed by atoms with E-state index in [2.05, 4.69) is 15.3 Å². The molecule has 0 atom stereocenters. The molecule has 6 nitrogen and oxygen atoms in total. The first-order valence-corrected chi connectivity index (χ1v) is 6.40. The zero-order valence-corrected chi connectivity index (χ0v) is 11.8. The van der Waals surface area contributed by atoms with Crippen molar-refractivity contribution in [3.05, 3.63) is 41.1 Å². The van der Waals surface area contributed by atoms with Crippen molar-refractivity contribution >= 4 is 11.9 Å². The minimum atomic E-state index is -0.404. The van der Waals surface area contributed by atoms with Gasteiger partial charge >= 0.3 is 5.97 Å². The summed E-state index contributed by atoms with van der Waals surface area (Å²) in [7, 11) is 0. The zero-order chi connectivity index (χ0) is 14.5. The second-order valence-electron chi connectivity index (χ2n) is 4.28. The molecule has 106 valence electrons. The number of aromatic nitrogens is 2. The SMILES string of the molecule is CCOC(=O)c1cnc(NCc2ccc(C)o2)nc1C. The lowest BCUT2D eigenvalue weighted by Gasteiger charge is -2.07. The van der Waals surface area contributed by atoms with E-state index in [1.807, 2.05) is 19.1 Å². The predicted molar refractivity (Wildman–Crippen MR) is 73.5 cm³/mol. The first-order valence-electron chi connectivity index (χ1n) is 6.40. The van der Waals surface area contributed by atoms with Crippen LogP contribution in [0.1, 0.15) is 34.5 Å². The molecule has 0 amide bonds. The molecule has 0 radical (unpaired) electrons. The molecule has 0 aliphatic carbocycles. The summed E-state index contributed by atoms with van der Waals surface area (Å²) in [6.07, 6.45) is 1.47. The molecule has 0 aliphatic heterocycles. The molecule has 0 spiro atoms. The van der Waals surface area contributed by atoms with Crippen LogP contribution in [0.2, 0.25) is 0 Å². The zero-order valence-electron chi connectivity index (χ0n) is 11.8. The van der Waals surface area contributed by atoms with Crippen LogP contribution in [-0.4, -0.2) is 22.5 Å². The second kappa shape index (κ2) is 6.18. The highest BCUT2D eigenvalue weighted by Crippen LogP contribution is 2.11. The number of hydrogen-bond donors (Lipinski definition) is 1. The fraction of sp³-hybridized carbons (Fsp3) is 0.357. The van der Waals surface area contributed by atoms with Crippen LogP contribution in [0.4, 0.5) is 5.95 Å². The summed E-state index contributed by atoms with van der Waals surface area (Å²) >= 11 is 0. The number of esters is 1. The molecule has 0 fully saturated rings. The van der Waals surface area contributed by atoms with E-state index in [1.165, 1.54) is 6.20 Å². The van der Waals surface area contributed by atoms with Gasteiger partial charge in [0.1, 0.15) is 11.5 Å². The Labute approximate surface area is 117 Å². The van der Waals surface area contributed by atoms with Gasteiger partial charge in [0.05, 0.1) is 24.4 Å². The van der Waals surface area contributed by atoms with E-state index in [-0.39, 0.29) is 0 Å². The Bertz CT molecular complexity index is 607. The van der Waals surface area contributed by atoms with Crippen LogP contribution in [0.3, 0.4) is 0 Å². The number of furan rings is 1. The van der Waals surface area contributed by atoms with Gasteiger partial charge in [0, 0.05) is 6.20 Å². The third-order valence-electron chi connectivity index (χ3n) is 2.69. The summed E-state index contributed by atoms with van der Waals surface area (Å²) in [5, 5.41) is 3.05. The summed E-state index contributed by atoms with van der Waals surface area (Å²) in [6.45, 7) is 6.21. The molecular formula is C14H17N3O3. The number of rotatable bonds is 5. The van der Waals surface area contributed by atoms with E-state index in [1.54, 1.807) is 13.8 Å². The van der Waals surface area contributed by atoms with Crippen molar-refractivity contribution in [3.8, 4) is 0 Å². The number of nitrogens with zero attached hydrogens (tertiary/aromatic N) is 2. The number of nitrogens with one attached hydrogen (secondary N) is 1. The highest BCUT2D eigenvalue weighted by Gasteiger charge is 2.12. The molecule has 2 aromatic rings. The minimum absolute atomic E-state index is 0.329. The van der Waals surface area contributed by atoms with Gasteiger partial charge in [0.25, 0.3) is 0 Å². The number of aryl methyl sites for hydroxylation is 2. The molecule has 20 heavy (non-hydrogen) atoms. The van der Waals surface area contributed by atoms with Crippen molar-refractivity contribution in [2.45, 2.75) is 27.3 Å². The fourth-order valence-electron chi connectivity index (χ4n) is 1.71. The quantitative estimate of drug-likeness (QED) is 0.845. The molecule has 2 aromatic heterocycles. The molecule has 0 bridgehead atoms. The molecular weight excluding hydrogens is 258 g/mol. The Hall–Kier alpha value is -2.37. The van der Waals surface area contributed by atoms with Crippen LogP contribution in [-0.2, 0) is 11.3 Å². The molecule has 1 N–H and O–H groups in total. The number of carbonyl (C=O) groups excluding carboxylic acids is 1. The van der Waals surface area contributed by atoms with Crippen molar-refractivity contribution in [1.82, 2.24) is 9.97 Å². The van der Waals surface area contributed by atoms with Gasteiger partial charge in [-0.05, 0) is 32.9 Å². The maximum atomic E-state index is 11.6. The van der Waals surface area contributed by atoms with Gasteiger partial charge in [-0.25, -0.2) is 14.8 Å². The topological polar surface area (TPSA) is 77.2 Å². The van der Waals surface area contributed by atoms with Crippen molar-refractivity contribution in [2.75, 3.05) is 11.9 Å². The summed E-state index contributed by atoms with van der Waals surface area (Å²) in [6, 6.07) is 3.79. The highest BCUT2D eigenvalue weighted by atomic mass is 16.5. The normalized spacial score (nSPS) is 10.3. The average molecular weight is 275 g/mol. The van der Waals surface area contributed by atoms with E-state index in [0.29, 0.717) is 30.4 Å². The number of anilines is 1. The predicted octanol–water partition coefficient (Wildman–Crippen LogP) is 2.48. The van der Waals surface area contributed by atoms with Crippen LogP contribution in [0.25, 0.3) is 0 Å². The van der Waals surface area contributed by atoms with E-state index in [4.69, 9.17) is 9.15 Å². The van der Waals surface area contributed by atoms with Gasteiger partial charge in [-0.1, -0.05) is 0 Å². The lowest BCUT2D eigenvalue weighted by atomic mass is 10.2. The number of carbonyl (C=O) groups is 1. The van der Waals surface area contributed by atoms with E-state index >= 15 is 0 Å². The standard InChI is InChI=1S/C14H17N3O3/c1-4-19-13(18)12-8-16-14(17-10(12)3)15-7-11-6-5-9(2)20-11/h5-6,8H,4,7H2,1-3H3,(H,15,16,17). The largest absolute Gasteiger partial charge is 0.465 e. The molecule has 0 saturated carbocycles. The molecule has 0 aliphatic rings. The Kier molecular flexibility index (Phi) is 4.34. The first-order chi connectivity index (χ1) is 9.60. The van der Waals surface area contributed by atoms with Crippen LogP contribution in [0, 0.1) is 13.8 Å². The maximum Gasteiger partial charge on any atom is 0.341 e. The van der Waals surface area contributed by atoms with Gasteiger partial charge in [0.2, 0.25) is 5.95 Å². The van der Waals surface area contributed by atoms with Crippen molar-refractivity contribution in [2.24, 2.45) is 0 Å². The van der Waals surface area contributed by atoms with Gasteiger partial charge in [-0.3, -0.25) is 0 Å². The van der Waals surface area contributed by atoms with Gasteiger partial charge < -0.3 is 14.5 Å². The minimum Gasteiger partial charge on any atom is -0.465 e. The Morgan fingerprint density at radius 1 is 1.40 bits per heavy atom. The Morgan fingerprint density at radius 3 is 2.80 bits per heavy atom. The number of hydrogen-bond acceptors (Lipinski definition) is 6. The van der Waals surface area contributed by atoms with Gasteiger partial charge in [-0.15, -0.1) is 0 Å². The highest BCUT2D eigenvalue weighted by molar-refractivity contribution is 5.90. The van der Waals surface area contributed by atoms with Crippen LogP contribution >= 0.6 is 0 Å². The summed E-state index contributed by atoms with van der Waals surface area (Å²) in [5.41, 5.74) is 0.961. The summed E-state index contributed by atoms with van der Waals surface area (Å²) in [4.78, 5) is 20.0. The molecule has 0 saturated heterocycles. The number of ether oxygens (including phenoxy) is 1. The summed E-state index contributed by atoms with van der Waals surface area (Å²) in [5.74, 6) is 1.71. The van der Waals surface area contributed by atoms with E-state index in [0.717, 1.165) is 11.5 Å².